The summed E-state index contributed by atoms with van der Waals surface area (Å²) in [6, 6.07) is 19.0. The molecule has 0 aliphatic carbocycles. The fraction of sp³-hybridized carbons (Fsp3) is 0.345. The number of nitrogens with zero attached hydrogens (tertiary/aromatic N) is 3. The number of rotatable bonds is 6. The van der Waals surface area contributed by atoms with Gasteiger partial charge in [-0.05, 0) is 66.4 Å². The summed E-state index contributed by atoms with van der Waals surface area (Å²) in [5.41, 5.74) is 2.68. The molecule has 11 heteroatoms. The monoisotopic (exact) mass is 583 g/mol. The molecule has 3 aromatic rings. The maximum Gasteiger partial charge on any atom is 0.409 e. The summed E-state index contributed by atoms with van der Waals surface area (Å²) in [5.74, 6) is 1.52. The smallest absolute Gasteiger partial charge is 0.409 e. The Morgan fingerprint density at radius 3 is 2.50 bits per heavy atom. The maximum atomic E-state index is 13.8. The zero-order valence-corrected chi connectivity index (χ0v) is 23.4. The Bertz CT molecular complexity index is 1490. The van der Waals surface area contributed by atoms with Gasteiger partial charge in [0.1, 0.15) is 6.61 Å². The van der Waals surface area contributed by atoms with E-state index in [1.807, 2.05) is 36.4 Å². The van der Waals surface area contributed by atoms with Crippen LogP contribution in [-0.4, -0.2) is 69.9 Å². The van der Waals surface area contributed by atoms with E-state index in [9.17, 15) is 13.2 Å². The van der Waals surface area contributed by atoms with Crippen molar-refractivity contribution in [3.63, 3.8) is 0 Å². The first-order valence-corrected chi connectivity index (χ1v) is 15.1. The van der Waals surface area contributed by atoms with E-state index in [0.29, 0.717) is 49.7 Å². The first-order chi connectivity index (χ1) is 19.4. The average Bonchev–Trinajstić information content (AvgIpc) is 3.44. The van der Waals surface area contributed by atoms with Crippen LogP contribution in [0.4, 0.5) is 10.5 Å². The number of sulfonamides is 1. The fourth-order valence-corrected chi connectivity index (χ4v) is 7.24. The topological polar surface area (TPSA) is 88.6 Å². The van der Waals surface area contributed by atoms with Crippen molar-refractivity contribution in [2.75, 3.05) is 43.9 Å². The summed E-state index contributed by atoms with van der Waals surface area (Å²) in [5, 5.41) is 0.458. The second-order valence-electron chi connectivity index (χ2n) is 10.1. The molecular weight excluding hydrogens is 554 g/mol. The molecule has 1 amide bonds. The summed E-state index contributed by atoms with van der Waals surface area (Å²) < 4.78 is 45.6. The molecule has 3 aromatic carbocycles. The summed E-state index contributed by atoms with van der Waals surface area (Å²) >= 11 is 6.00. The standard InChI is InChI=1S/C29H30ClN3O6S/c30-23-7-10-25(11-8-23)40(35,36)33-24(9-6-22-3-1-2-4-26(22)33)19-37-29(34)32-15-13-31(14-16-32)18-21-5-12-27-28(17-21)39-20-38-27/h1-5,7-8,10-12,17,24H,6,9,13-16,18-20H2. The third-order valence-corrected chi connectivity index (χ3v) is 9.68. The molecule has 0 radical (unpaired) electrons. The number of halogens is 1. The van der Waals surface area contributed by atoms with Crippen molar-refractivity contribution in [1.82, 2.24) is 9.80 Å². The van der Waals surface area contributed by atoms with Crippen molar-refractivity contribution < 1.29 is 27.4 Å². The first kappa shape index (κ1) is 26.7. The van der Waals surface area contributed by atoms with E-state index in [0.717, 1.165) is 29.2 Å². The SMILES string of the molecule is O=C(OCC1CCc2ccccc2N1S(=O)(=O)c1ccc(Cl)cc1)N1CCN(Cc2ccc3c(c2)OCO3)CC1. The van der Waals surface area contributed by atoms with E-state index < -0.39 is 22.2 Å². The Hall–Kier alpha value is -3.47. The van der Waals surface area contributed by atoms with Crippen LogP contribution in [0.3, 0.4) is 0 Å². The predicted molar refractivity (Wildman–Crippen MR) is 150 cm³/mol. The third-order valence-electron chi connectivity index (χ3n) is 7.55. The first-order valence-electron chi connectivity index (χ1n) is 13.3. The van der Waals surface area contributed by atoms with Gasteiger partial charge >= 0.3 is 6.09 Å². The molecule has 1 atom stereocenters. The van der Waals surface area contributed by atoms with Gasteiger partial charge in [-0.3, -0.25) is 9.21 Å². The average molecular weight is 584 g/mol. The molecule has 0 aromatic heterocycles. The number of para-hydroxylation sites is 1. The molecule has 0 bridgehead atoms. The fourth-order valence-electron chi connectivity index (χ4n) is 5.42. The van der Waals surface area contributed by atoms with E-state index in [4.69, 9.17) is 25.8 Å². The van der Waals surface area contributed by atoms with E-state index in [1.165, 1.54) is 16.4 Å². The lowest BCUT2D eigenvalue weighted by molar-refractivity contribution is 0.0704. The number of amides is 1. The Kier molecular flexibility index (Phi) is 7.48. The van der Waals surface area contributed by atoms with Gasteiger partial charge in [0.2, 0.25) is 6.79 Å². The highest BCUT2D eigenvalue weighted by Crippen LogP contribution is 2.36. The molecule has 1 fully saturated rings. The predicted octanol–water partition coefficient (Wildman–Crippen LogP) is 4.53. The van der Waals surface area contributed by atoms with E-state index in [1.54, 1.807) is 23.1 Å². The minimum Gasteiger partial charge on any atom is -0.454 e. The lowest BCUT2D eigenvalue weighted by Crippen LogP contribution is -2.50. The Labute approximate surface area is 238 Å². The van der Waals surface area contributed by atoms with Crippen LogP contribution in [0.25, 0.3) is 0 Å². The van der Waals surface area contributed by atoms with Gasteiger partial charge in [-0.1, -0.05) is 35.9 Å². The van der Waals surface area contributed by atoms with Crippen LogP contribution in [0.2, 0.25) is 5.02 Å². The Morgan fingerprint density at radius 2 is 1.70 bits per heavy atom. The number of hydrogen-bond donors (Lipinski definition) is 0. The minimum absolute atomic E-state index is 0.0304. The van der Waals surface area contributed by atoms with Crippen LogP contribution < -0.4 is 13.8 Å². The molecule has 0 saturated carbocycles. The van der Waals surface area contributed by atoms with Crippen LogP contribution in [0.15, 0.2) is 71.6 Å². The number of fused-ring (bicyclic) bond motifs is 2. The molecule has 40 heavy (non-hydrogen) atoms. The van der Waals surface area contributed by atoms with Gasteiger partial charge in [-0.2, -0.15) is 0 Å². The molecule has 210 valence electrons. The lowest BCUT2D eigenvalue weighted by atomic mass is 9.98. The number of benzene rings is 3. The molecule has 6 rings (SSSR count). The molecule has 3 aliphatic rings. The molecule has 1 unspecified atom stereocenters. The quantitative estimate of drug-likeness (QED) is 0.421. The highest BCUT2D eigenvalue weighted by molar-refractivity contribution is 7.92. The Balaban J connectivity index is 1.09. The van der Waals surface area contributed by atoms with Crippen LogP contribution in [0.1, 0.15) is 17.5 Å². The lowest BCUT2D eigenvalue weighted by Gasteiger charge is -2.38. The molecule has 9 nitrogen and oxygen atoms in total. The second kappa shape index (κ2) is 11.2. The molecule has 3 heterocycles. The van der Waals surface area contributed by atoms with Gasteiger partial charge in [0, 0.05) is 37.7 Å². The highest BCUT2D eigenvalue weighted by atomic mass is 35.5. The zero-order chi connectivity index (χ0) is 27.7. The Morgan fingerprint density at radius 1 is 0.950 bits per heavy atom. The largest absolute Gasteiger partial charge is 0.454 e. The molecular formula is C29H30ClN3O6S. The van der Waals surface area contributed by atoms with Gasteiger partial charge < -0.3 is 19.1 Å². The zero-order valence-electron chi connectivity index (χ0n) is 21.9. The second-order valence-corrected chi connectivity index (χ2v) is 12.4. The normalized spacial score (nSPS) is 18.9. The van der Waals surface area contributed by atoms with Crippen LogP contribution in [0.5, 0.6) is 11.5 Å². The molecule has 3 aliphatic heterocycles. The molecule has 0 N–H and O–H groups in total. The highest BCUT2D eigenvalue weighted by Gasteiger charge is 2.37. The van der Waals surface area contributed by atoms with Gasteiger partial charge in [-0.15, -0.1) is 0 Å². The van der Waals surface area contributed by atoms with E-state index in [2.05, 4.69) is 4.90 Å². The van der Waals surface area contributed by atoms with Crippen molar-refractivity contribution in [1.29, 1.82) is 0 Å². The van der Waals surface area contributed by atoms with Crippen molar-refractivity contribution in [2.24, 2.45) is 0 Å². The minimum atomic E-state index is -3.91. The van der Waals surface area contributed by atoms with Crippen molar-refractivity contribution in [2.45, 2.75) is 30.3 Å². The maximum absolute atomic E-state index is 13.8. The van der Waals surface area contributed by atoms with Crippen molar-refractivity contribution in [3.05, 3.63) is 82.9 Å². The van der Waals surface area contributed by atoms with Crippen molar-refractivity contribution in [3.8, 4) is 11.5 Å². The number of carbonyl (C=O) groups is 1. The number of aryl methyl sites for hydroxylation is 1. The number of ether oxygens (including phenoxy) is 3. The van der Waals surface area contributed by atoms with Crippen LogP contribution in [0, 0.1) is 0 Å². The molecule has 0 spiro atoms. The van der Waals surface area contributed by atoms with Gasteiger partial charge in [0.05, 0.1) is 16.6 Å². The van der Waals surface area contributed by atoms with E-state index >= 15 is 0 Å². The summed E-state index contributed by atoms with van der Waals surface area (Å²) in [6.45, 7) is 3.44. The van der Waals surface area contributed by atoms with Crippen LogP contribution >= 0.6 is 11.6 Å². The van der Waals surface area contributed by atoms with Crippen molar-refractivity contribution >= 4 is 33.4 Å². The number of hydrogen-bond acceptors (Lipinski definition) is 7. The molecule has 1 saturated heterocycles. The summed E-state index contributed by atoms with van der Waals surface area (Å²) in [6.07, 6.45) is 0.815. The number of carbonyl (C=O) groups excluding carboxylic acids is 1. The number of anilines is 1. The number of piperazine rings is 1. The van der Waals surface area contributed by atoms with Gasteiger partial charge in [0.15, 0.2) is 11.5 Å². The van der Waals surface area contributed by atoms with Gasteiger partial charge in [0.25, 0.3) is 10.0 Å². The third kappa shape index (κ3) is 5.43. The van der Waals surface area contributed by atoms with Gasteiger partial charge in [-0.25, -0.2) is 13.2 Å². The summed E-state index contributed by atoms with van der Waals surface area (Å²) in [7, 11) is -3.91. The van der Waals surface area contributed by atoms with E-state index in [-0.39, 0.29) is 18.3 Å². The summed E-state index contributed by atoms with van der Waals surface area (Å²) in [4.78, 5) is 17.1. The van der Waals surface area contributed by atoms with Crippen LogP contribution in [-0.2, 0) is 27.7 Å².